The number of aliphatic hydroxyl groups is 1. The van der Waals surface area contributed by atoms with Crippen LogP contribution in [-0.4, -0.2) is 65.1 Å². The summed E-state index contributed by atoms with van der Waals surface area (Å²) in [6.45, 7) is 2.13. The molecule has 1 aromatic heterocycles. The molecular formula is C18H23N5O5. The van der Waals surface area contributed by atoms with E-state index in [0.717, 1.165) is 25.9 Å². The van der Waals surface area contributed by atoms with Crippen LogP contribution in [-0.2, 0) is 0 Å². The second-order valence-corrected chi connectivity index (χ2v) is 6.75. The molecule has 10 heteroatoms. The van der Waals surface area contributed by atoms with E-state index in [4.69, 9.17) is 14.2 Å². The Morgan fingerprint density at radius 1 is 1.36 bits per heavy atom. The number of amides is 1. The smallest absolute Gasteiger partial charge is 0.273 e. The summed E-state index contributed by atoms with van der Waals surface area (Å²) in [6.07, 6.45) is 2.70. The Bertz CT molecular complexity index is 820. The van der Waals surface area contributed by atoms with Crippen molar-refractivity contribution in [2.45, 2.75) is 25.0 Å². The van der Waals surface area contributed by atoms with Gasteiger partial charge in [-0.1, -0.05) is 5.21 Å². The van der Waals surface area contributed by atoms with Gasteiger partial charge < -0.3 is 30.0 Å². The van der Waals surface area contributed by atoms with Gasteiger partial charge in [-0.05, 0) is 38.1 Å². The number of rotatable bonds is 7. The zero-order chi connectivity index (χ0) is 19.3. The highest BCUT2D eigenvalue weighted by atomic mass is 16.7. The standard InChI is InChI=1S/C18H23N5O5/c24-13(10-26-14-1-2-16-17(7-14)28-11-27-16)8-20-18(25)15-9-23(22-21-15)12-3-5-19-6-4-12/h1-2,7,9,12-13,19,24H,3-6,8,10-11H2,(H,20,25). The third kappa shape index (κ3) is 4.34. The number of fused-ring (bicyclic) bond motifs is 1. The molecule has 2 aliphatic rings. The summed E-state index contributed by atoms with van der Waals surface area (Å²) in [7, 11) is 0. The van der Waals surface area contributed by atoms with E-state index in [0.29, 0.717) is 17.2 Å². The van der Waals surface area contributed by atoms with Crippen LogP contribution in [0.4, 0.5) is 0 Å². The van der Waals surface area contributed by atoms with Gasteiger partial charge in [-0.3, -0.25) is 4.79 Å². The molecular weight excluding hydrogens is 366 g/mol. The zero-order valence-corrected chi connectivity index (χ0v) is 15.3. The highest BCUT2D eigenvalue weighted by Crippen LogP contribution is 2.35. The molecule has 4 rings (SSSR count). The molecule has 1 atom stereocenters. The number of hydrogen-bond donors (Lipinski definition) is 3. The molecule has 28 heavy (non-hydrogen) atoms. The fourth-order valence-corrected chi connectivity index (χ4v) is 3.15. The molecule has 1 amide bonds. The van der Waals surface area contributed by atoms with Crippen molar-refractivity contribution in [2.75, 3.05) is 33.0 Å². The first-order chi connectivity index (χ1) is 13.7. The summed E-state index contributed by atoms with van der Waals surface area (Å²) in [5.41, 5.74) is 0.238. The summed E-state index contributed by atoms with van der Waals surface area (Å²) < 4.78 is 17.8. The second-order valence-electron chi connectivity index (χ2n) is 6.75. The molecule has 0 bridgehead atoms. The largest absolute Gasteiger partial charge is 0.491 e. The number of carbonyl (C=O) groups excluding carboxylic acids is 1. The van der Waals surface area contributed by atoms with Gasteiger partial charge in [0.25, 0.3) is 5.91 Å². The normalized spacial score (nSPS) is 17.3. The van der Waals surface area contributed by atoms with E-state index in [1.165, 1.54) is 0 Å². The second kappa shape index (κ2) is 8.44. The van der Waals surface area contributed by atoms with Gasteiger partial charge in [0, 0.05) is 12.6 Å². The monoisotopic (exact) mass is 389 g/mol. The van der Waals surface area contributed by atoms with Crippen molar-refractivity contribution in [1.82, 2.24) is 25.6 Å². The lowest BCUT2D eigenvalue weighted by Gasteiger charge is -2.22. The van der Waals surface area contributed by atoms with E-state index in [2.05, 4.69) is 20.9 Å². The number of piperidine rings is 1. The Balaban J connectivity index is 1.22. The average molecular weight is 389 g/mol. The summed E-state index contributed by atoms with van der Waals surface area (Å²) in [5.74, 6) is 1.46. The summed E-state index contributed by atoms with van der Waals surface area (Å²) in [5, 5.41) is 24.0. The third-order valence-electron chi connectivity index (χ3n) is 4.71. The predicted molar refractivity (Wildman–Crippen MR) is 97.6 cm³/mol. The van der Waals surface area contributed by atoms with Gasteiger partial charge in [0.05, 0.1) is 12.2 Å². The molecule has 0 spiro atoms. The molecule has 10 nitrogen and oxygen atoms in total. The Kier molecular flexibility index (Phi) is 5.58. The Labute approximate surface area is 161 Å². The van der Waals surface area contributed by atoms with Crippen LogP contribution in [0.15, 0.2) is 24.4 Å². The maximum Gasteiger partial charge on any atom is 0.273 e. The molecule has 0 aliphatic carbocycles. The van der Waals surface area contributed by atoms with Gasteiger partial charge >= 0.3 is 0 Å². The van der Waals surface area contributed by atoms with E-state index in [-0.39, 0.29) is 37.6 Å². The minimum atomic E-state index is -0.867. The van der Waals surface area contributed by atoms with Crippen LogP contribution in [0.2, 0.25) is 0 Å². The Hall–Kier alpha value is -2.85. The van der Waals surface area contributed by atoms with Crippen molar-refractivity contribution in [2.24, 2.45) is 0 Å². The predicted octanol–water partition coefficient (Wildman–Crippen LogP) is 0.101. The van der Waals surface area contributed by atoms with E-state index in [9.17, 15) is 9.90 Å². The molecule has 1 fully saturated rings. The fourth-order valence-electron chi connectivity index (χ4n) is 3.15. The number of aliphatic hydroxyl groups excluding tert-OH is 1. The molecule has 2 aliphatic heterocycles. The van der Waals surface area contributed by atoms with Crippen molar-refractivity contribution in [3.05, 3.63) is 30.1 Å². The number of aromatic nitrogens is 3. The molecule has 3 heterocycles. The van der Waals surface area contributed by atoms with Crippen molar-refractivity contribution in [1.29, 1.82) is 0 Å². The zero-order valence-electron chi connectivity index (χ0n) is 15.3. The minimum Gasteiger partial charge on any atom is -0.491 e. The number of nitrogens with zero attached hydrogens (tertiary/aromatic N) is 3. The van der Waals surface area contributed by atoms with E-state index in [1.54, 1.807) is 29.1 Å². The Morgan fingerprint density at radius 3 is 3.04 bits per heavy atom. The highest BCUT2D eigenvalue weighted by Gasteiger charge is 2.19. The van der Waals surface area contributed by atoms with Gasteiger partial charge in [-0.2, -0.15) is 0 Å². The van der Waals surface area contributed by atoms with Crippen molar-refractivity contribution in [3.63, 3.8) is 0 Å². The van der Waals surface area contributed by atoms with E-state index >= 15 is 0 Å². The molecule has 0 saturated carbocycles. The van der Waals surface area contributed by atoms with Gasteiger partial charge in [-0.25, -0.2) is 4.68 Å². The van der Waals surface area contributed by atoms with Crippen LogP contribution in [0.25, 0.3) is 0 Å². The fraction of sp³-hybridized carbons (Fsp3) is 0.500. The minimum absolute atomic E-state index is 0.0295. The first-order valence-electron chi connectivity index (χ1n) is 9.30. The van der Waals surface area contributed by atoms with Gasteiger partial charge in [0.2, 0.25) is 6.79 Å². The number of carbonyl (C=O) groups is 1. The lowest BCUT2D eigenvalue weighted by molar-refractivity contribution is 0.0839. The van der Waals surface area contributed by atoms with Crippen molar-refractivity contribution in [3.8, 4) is 17.2 Å². The van der Waals surface area contributed by atoms with E-state index in [1.807, 2.05) is 0 Å². The molecule has 1 aromatic carbocycles. The summed E-state index contributed by atoms with van der Waals surface area (Å²) in [6, 6.07) is 5.44. The topological polar surface area (TPSA) is 120 Å². The number of nitrogens with one attached hydrogen (secondary N) is 2. The van der Waals surface area contributed by atoms with Crippen LogP contribution in [0, 0.1) is 0 Å². The molecule has 3 N–H and O–H groups in total. The average Bonchev–Trinajstić information content (AvgIpc) is 3.40. The van der Waals surface area contributed by atoms with Crippen LogP contribution in [0.1, 0.15) is 29.4 Å². The maximum atomic E-state index is 12.2. The lowest BCUT2D eigenvalue weighted by atomic mass is 10.1. The van der Waals surface area contributed by atoms with Crippen LogP contribution >= 0.6 is 0 Å². The molecule has 1 unspecified atom stereocenters. The van der Waals surface area contributed by atoms with E-state index < -0.39 is 6.10 Å². The SMILES string of the molecule is O=C(NCC(O)COc1ccc2c(c1)OCO2)c1cn(C2CCNCC2)nn1. The lowest BCUT2D eigenvalue weighted by Crippen LogP contribution is -2.35. The van der Waals surface area contributed by atoms with Gasteiger partial charge in [-0.15, -0.1) is 5.10 Å². The molecule has 150 valence electrons. The maximum absolute atomic E-state index is 12.2. The number of benzene rings is 1. The number of ether oxygens (including phenoxy) is 3. The van der Waals surface area contributed by atoms with Gasteiger partial charge in [0.1, 0.15) is 18.5 Å². The van der Waals surface area contributed by atoms with Crippen LogP contribution in [0.5, 0.6) is 17.2 Å². The Morgan fingerprint density at radius 2 is 2.18 bits per heavy atom. The molecule has 1 saturated heterocycles. The van der Waals surface area contributed by atoms with Gasteiger partial charge in [0.15, 0.2) is 17.2 Å². The quantitative estimate of drug-likeness (QED) is 0.610. The number of hydrogen-bond acceptors (Lipinski definition) is 8. The molecule has 0 radical (unpaired) electrons. The highest BCUT2D eigenvalue weighted by molar-refractivity contribution is 5.91. The van der Waals surface area contributed by atoms with Crippen LogP contribution in [0.3, 0.4) is 0 Å². The van der Waals surface area contributed by atoms with Crippen molar-refractivity contribution >= 4 is 5.91 Å². The summed E-state index contributed by atoms with van der Waals surface area (Å²) in [4.78, 5) is 12.2. The first-order valence-corrected chi connectivity index (χ1v) is 9.30. The van der Waals surface area contributed by atoms with Crippen LogP contribution < -0.4 is 24.8 Å². The first kappa shape index (κ1) is 18.5. The third-order valence-corrected chi connectivity index (χ3v) is 4.71. The van der Waals surface area contributed by atoms with Crippen molar-refractivity contribution < 1.29 is 24.1 Å². The molecule has 2 aromatic rings. The summed E-state index contributed by atoms with van der Waals surface area (Å²) >= 11 is 0.